The summed E-state index contributed by atoms with van der Waals surface area (Å²) in [6.45, 7) is 3.51. The van der Waals surface area contributed by atoms with Crippen molar-refractivity contribution in [2.75, 3.05) is 39.0 Å². The number of nitrogens with one attached hydrogen (secondary N) is 1. The molecule has 2 atom stereocenters. The highest BCUT2D eigenvalue weighted by molar-refractivity contribution is 8.01. The molecule has 0 bridgehead atoms. The molecule has 0 aromatic carbocycles. The zero-order valence-corrected chi connectivity index (χ0v) is 13.5. The van der Waals surface area contributed by atoms with Gasteiger partial charge in [-0.05, 0) is 18.5 Å². The molecule has 0 aliphatic carbocycles. The number of nitrogens with zero attached hydrogens (tertiary/aromatic N) is 3. The molecule has 4 rings (SSSR count). The van der Waals surface area contributed by atoms with E-state index < -0.39 is 0 Å². The molecule has 3 aliphatic heterocycles. The Hall–Kier alpha value is -1.05. The van der Waals surface area contributed by atoms with Gasteiger partial charge in [0.2, 0.25) is 0 Å². The van der Waals surface area contributed by atoms with Crippen molar-refractivity contribution >= 4 is 34.7 Å². The van der Waals surface area contributed by atoms with Crippen LogP contribution in [0.5, 0.6) is 0 Å². The zero-order valence-electron chi connectivity index (χ0n) is 11.9. The van der Waals surface area contributed by atoms with Crippen molar-refractivity contribution in [3.05, 3.63) is 17.0 Å². The van der Waals surface area contributed by atoms with E-state index in [-0.39, 0.29) is 17.9 Å². The van der Waals surface area contributed by atoms with Crippen LogP contribution in [0, 0.1) is 5.92 Å². The Balaban J connectivity index is 1.51. The van der Waals surface area contributed by atoms with E-state index in [9.17, 15) is 4.79 Å². The molecule has 0 radical (unpaired) electrons. The number of piperazine rings is 1. The van der Waals surface area contributed by atoms with Gasteiger partial charge in [0.25, 0.3) is 5.91 Å². The fraction of sp³-hybridized carbons (Fsp3) is 0.571. The second kappa shape index (κ2) is 5.30. The van der Waals surface area contributed by atoms with Gasteiger partial charge in [-0.3, -0.25) is 4.79 Å². The standard InChI is InChI=1S/C14H18N4OS2/c1-17-3-5-18(6-4-17)13(19)12-10-8-21-14-9(2-7-20-14)11(10)15-16-12/h2,7,10-11,15H,3-6,8H2,1H3. The van der Waals surface area contributed by atoms with Gasteiger partial charge in [0.15, 0.2) is 0 Å². The summed E-state index contributed by atoms with van der Waals surface area (Å²) in [5.41, 5.74) is 5.24. The molecule has 5 nitrogen and oxygen atoms in total. The molecule has 1 N–H and O–H groups in total. The SMILES string of the molecule is CN1CCN(C(=O)C2=NNC3c4ccsc4SCC23)CC1. The third-order valence-corrected chi connectivity index (χ3v) is 6.86. The minimum atomic E-state index is 0.127. The average molecular weight is 322 g/mol. The Bertz CT molecular complexity index is 592. The Morgan fingerprint density at radius 3 is 3.00 bits per heavy atom. The maximum atomic E-state index is 12.7. The number of thioether (sulfide) groups is 1. The van der Waals surface area contributed by atoms with Crippen LogP contribution < -0.4 is 5.43 Å². The molecule has 1 fully saturated rings. The first-order valence-corrected chi connectivity index (χ1v) is 9.11. The molecule has 1 saturated heterocycles. The average Bonchev–Trinajstić information content (AvgIpc) is 3.13. The minimum Gasteiger partial charge on any atom is -0.335 e. The van der Waals surface area contributed by atoms with Crippen LogP contribution in [0.1, 0.15) is 11.6 Å². The second-order valence-corrected chi connectivity index (χ2v) is 7.98. The first-order valence-electron chi connectivity index (χ1n) is 7.25. The number of thiophene rings is 1. The van der Waals surface area contributed by atoms with Gasteiger partial charge in [-0.25, -0.2) is 0 Å². The van der Waals surface area contributed by atoms with Crippen molar-refractivity contribution in [2.45, 2.75) is 10.3 Å². The van der Waals surface area contributed by atoms with Gasteiger partial charge < -0.3 is 15.2 Å². The fourth-order valence-electron chi connectivity index (χ4n) is 3.13. The van der Waals surface area contributed by atoms with E-state index in [1.807, 2.05) is 16.7 Å². The highest BCUT2D eigenvalue weighted by Gasteiger charge is 2.42. The molecule has 1 aromatic heterocycles. The second-order valence-electron chi connectivity index (χ2n) is 5.78. The lowest BCUT2D eigenvalue weighted by Crippen LogP contribution is -2.50. The van der Waals surface area contributed by atoms with Gasteiger partial charge in [-0.1, -0.05) is 0 Å². The molecule has 4 heterocycles. The first-order chi connectivity index (χ1) is 10.2. The van der Waals surface area contributed by atoms with Gasteiger partial charge in [0.1, 0.15) is 5.71 Å². The molecule has 21 heavy (non-hydrogen) atoms. The predicted molar refractivity (Wildman–Crippen MR) is 85.9 cm³/mol. The highest BCUT2D eigenvalue weighted by atomic mass is 32.2. The van der Waals surface area contributed by atoms with Crippen LogP contribution in [0.3, 0.4) is 0 Å². The maximum absolute atomic E-state index is 12.7. The van der Waals surface area contributed by atoms with Gasteiger partial charge in [0, 0.05) is 43.4 Å². The Morgan fingerprint density at radius 2 is 2.19 bits per heavy atom. The van der Waals surface area contributed by atoms with Crippen LogP contribution in [0.4, 0.5) is 0 Å². The minimum absolute atomic E-state index is 0.127. The number of carbonyl (C=O) groups is 1. The van der Waals surface area contributed by atoms with Gasteiger partial charge in [-0.15, -0.1) is 23.1 Å². The number of hydrazone groups is 1. The van der Waals surface area contributed by atoms with Crippen LogP contribution in [0.2, 0.25) is 0 Å². The summed E-state index contributed by atoms with van der Waals surface area (Å²) in [6, 6.07) is 2.36. The van der Waals surface area contributed by atoms with Crippen LogP contribution in [0.25, 0.3) is 0 Å². The molecule has 112 valence electrons. The van der Waals surface area contributed by atoms with Gasteiger partial charge in [0.05, 0.1) is 10.3 Å². The lowest BCUT2D eigenvalue weighted by molar-refractivity contribution is -0.125. The summed E-state index contributed by atoms with van der Waals surface area (Å²) in [6.07, 6.45) is 0. The number of carbonyl (C=O) groups excluding carboxylic acids is 1. The van der Waals surface area contributed by atoms with Crippen molar-refractivity contribution in [2.24, 2.45) is 11.0 Å². The Labute approximate surface area is 132 Å². The summed E-state index contributed by atoms with van der Waals surface area (Å²) in [7, 11) is 2.10. The van der Waals surface area contributed by atoms with E-state index in [1.54, 1.807) is 11.3 Å². The molecule has 7 heteroatoms. The Kier molecular flexibility index (Phi) is 3.43. The van der Waals surface area contributed by atoms with Crippen LogP contribution in [-0.4, -0.2) is 60.4 Å². The number of fused-ring (bicyclic) bond motifs is 3. The van der Waals surface area contributed by atoms with Crippen LogP contribution in [0.15, 0.2) is 20.8 Å². The molecule has 3 aliphatic rings. The Morgan fingerprint density at radius 1 is 1.38 bits per heavy atom. The van der Waals surface area contributed by atoms with Crippen molar-refractivity contribution in [1.82, 2.24) is 15.2 Å². The van der Waals surface area contributed by atoms with E-state index in [1.165, 1.54) is 9.77 Å². The lowest BCUT2D eigenvalue weighted by Gasteiger charge is -2.33. The van der Waals surface area contributed by atoms with Crippen molar-refractivity contribution in [3.63, 3.8) is 0 Å². The summed E-state index contributed by atoms with van der Waals surface area (Å²) < 4.78 is 1.37. The van der Waals surface area contributed by atoms with Crippen LogP contribution in [-0.2, 0) is 4.79 Å². The van der Waals surface area contributed by atoms with E-state index >= 15 is 0 Å². The van der Waals surface area contributed by atoms with E-state index in [0.717, 1.165) is 37.6 Å². The molecule has 2 unspecified atom stereocenters. The number of amides is 1. The molecular weight excluding hydrogens is 304 g/mol. The molecule has 0 spiro atoms. The summed E-state index contributed by atoms with van der Waals surface area (Å²) in [5, 5.41) is 6.53. The quantitative estimate of drug-likeness (QED) is 0.845. The van der Waals surface area contributed by atoms with Crippen LogP contribution >= 0.6 is 23.1 Å². The first kappa shape index (κ1) is 13.6. The monoisotopic (exact) mass is 322 g/mol. The normalized spacial score (nSPS) is 28.6. The lowest BCUT2D eigenvalue weighted by atomic mass is 9.92. The molecular formula is C14H18N4OS2. The third kappa shape index (κ3) is 2.27. The predicted octanol–water partition coefficient (Wildman–Crippen LogP) is 1.24. The summed E-state index contributed by atoms with van der Waals surface area (Å²) >= 11 is 3.64. The fourth-order valence-corrected chi connectivity index (χ4v) is 5.48. The maximum Gasteiger partial charge on any atom is 0.270 e. The number of rotatable bonds is 1. The smallest absolute Gasteiger partial charge is 0.270 e. The number of hydrogen-bond donors (Lipinski definition) is 1. The third-order valence-electron chi connectivity index (χ3n) is 4.47. The van der Waals surface area contributed by atoms with E-state index in [2.05, 4.69) is 33.9 Å². The molecule has 0 saturated carbocycles. The number of likely N-dealkylation sites (N-methyl/N-ethyl adjacent to an activating group) is 1. The molecule has 1 amide bonds. The van der Waals surface area contributed by atoms with Crippen molar-refractivity contribution in [1.29, 1.82) is 0 Å². The number of hydrogen-bond acceptors (Lipinski definition) is 6. The van der Waals surface area contributed by atoms with E-state index in [4.69, 9.17) is 0 Å². The van der Waals surface area contributed by atoms with Crippen molar-refractivity contribution in [3.8, 4) is 0 Å². The zero-order chi connectivity index (χ0) is 14.4. The summed E-state index contributed by atoms with van der Waals surface area (Å²) in [4.78, 5) is 17.0. The van der Waals surface area contributed by atoms with E-state index in [0.29, 0.717) is 0 Å². The summed E-state index contributed by atoms with van der Waals surface area (Å²) in [5.74, 6) is 1.29. The van der Waals surface area contributed by atoms with Crippen molar-refractivity contribution < 1.29 is 4.79 Å². The van der Waals surface area contributed by atoms with Gasteiger partial charge >= 0.3 is 0 Å². The largest absolute Gasteiger partial charge is 0.335 e. The highest BCUT2D eigenvalue weighted by Crippen LogP contribution is 2.45. The van der Waals surface area contributed by atoms with Gasteiger partial charge in [-0.2, -0.15) is 5.10 Å². The molecule has 1 aromatic rings. The topological polar surface area (TPSA) is 47.9 Å².